The van der Waals surface area contributed by atoms with Crippen LogP contribution in [0.25, 0.3) is 22.3 Å². The predicted molar refractivity (Wildman–Crippen MR) is 119 cm³/mol. The van der Waals surface area contributed by atoms with Gasteiger partial charge in [0.25, 0.3) is 6.43 Å². The fourth-order valence-electron chi connectivity index (χ4n) is 4.33. The number of pyridine rings is 2. The van der Waals surface area contributed by atoms with E-state index in [0.29, 0.717) is 25.7 Å². The molecule has 2 saturated carbocycles. The van der Waals surface area contributed by atoms with E-state index in [4.69, 9.17) is 5.73 Å². The van der Waals surface area contributed by atoms with Crippen LogP contribution in [0.1, 0.15) is 55.4 Å². The minimum absolute atomic E-state index is 0.0210. The zero-order valence-corrected chi connectivity index (χ0v) is 19.4. The summed E-state index contributed by atoms with van der Waals surface area (Å²) < 4.78 is 113. The normalized spacial score (nSPS) is 18.1. The Labute approximate surface area is 201 Å². The van der Waals surface area contributed by atoms with Crippen molar-refractivity contribution >= 4 is 26.9 Å². The van der Waals surface area contributed by atoms with Crippen LogP contribution >= 0.6 is 0 Å². The first-order valence-corrected chi connectivity index (χ1v) is 12.8. The molecule has 3 N–H and O–H groups in total. The summed E-state index contributed by atoms with van der Waals surface area (Å²) in [5.41, 5.74) is 2.44. The third-order valence-corrected chi connectivity index (χ3v) is 8.47. The number of halogens is 6. The second kappa shape index (κ2) is 8.61. The lowest BCUT2D eigenvalue weighted by molar-refractivity contribution is -0.140. The Hall–Kier alpha value is -2.87. The van der Waals surface area contributed by atoms with Crippen LogP contribution in [-0.4, -0.2) is 34.6 Å². The van der Waals surface area contributed by atoms with E-state index in [9.17, 15) is 30.4 Å². The van der Waals surface area contributed by atoms with Gasteiger partial charge in [0.2, 0.25) is 10.0 Å². The molecule has 0 bridgehead atoms. The van der Waals surface area contributed by atoms with E-state index in [1.807, 2.05) is 4.72 Å². The molecule has 2 aliphatic rings. The van der Waals surface area contributed by atoms with Crippen molar-refractivity contribution in [2.45, 2.75) is 62.0 Å². The van der Waals surface area contributed by atoms with Gasteiger partial charge in [-0.3, -0.25) is 0 Å². The van der Waals surface area contributed by atoms with Crippen molar-refractivity contribution in [3.05, 3.63) is 41.5 Å². The van der Waals surface area contributed by atoms with Gasteiger partial charge in [-0.25, -0.2) is 36.3 Å². The molecule has 3 aromatic rings. The lowest BCUT2D eigenvalue weighted by atomic mass is 9.93. The van der Waals surface area contributed by atoms with Crippen LogP contribution in [-0.2, 0) is 16.2 Å². The molecular weight excluding hydrogens is 512 g/mol. The number of nitrogens with one attached hydrogen (secondary N) is 1. The highest BCUT2D eigenvalue weighted by Crippen LogP contribution is 2.42. The van der Waals surface area contributed by atoms with Gasteiger partial charge in [-0.05, 0) is 50.3 Å². The molecule has 14 heteroatoms. The van der Waals surface area contributed by atoms with Gasteiger partial charge in [-0.2, -0.15) is 13.2 Å². The van der Waals surface area contributed by atoms with E-state index < -0.39 is 62.5 Å². The summed E-state index contributed by atoms with van der Waals surface area (Å²) in [6.07, 6.45) is -3.98. The fraction of sp³-hybridized carbons (Fsp3) is 0.455. The van der Waals surface area contributed by atoms with Crippen LogP contribution in [0.2, 0.25) is 0 Å². The van der Waals surface area contributed by atoms with Gasteiger partial charge in [0.15, 0.2) is 5.69 Å². The average molecular weight is 533 g/mol. The smallest absolute Gasteiger partial charge is 0.384 e. The average Bonchev–Trinajstić information content (AvgIpc) is 3.55. The maximum Gasteiger partial charge on any atom is 0.434 e. The van der Waals surface area contributed by atoms with Crippen molar-refractivity contribution in [2.24, 2.45) is 0 Å². The molecule has 194 valence electrons. The molecule has 3 aromatic heterocycles. The standard InChI is InChI=1S/C22H21F6N5O2S/c23-15-8-13-14(18(20(24)25)32-36(34,35)11-4-5-11)9-33(10-2-1-3-10)21(13)31-17(15)12-6-7-16(29)30-19(12)22(26,27)28/h6-11,18,20,32H,1-5H2,(H2,29,30)/t18-/m0/s1. The molecular formula is C22H21F6N5O2S. The number of fused-ring (bicyclic) bond motifs is 1. The summed E-state index contributed by atoms with van der Waals surface area (Å²) in [6.45, 7) is 0. The number of hydrogen-bond acceptors (Lipinski definition) is 5. The number of nitrogens with zero attached hydrogens (tertiary/aromatic N) is 3. The van der Waals surface area contributed by atoms with Crippen LogP contribution in [0, 0.1) is 5.82 Å². The third-order valence-electron chi connectivity index (χ3n) is 6.54. The maximum absolute atomic E-state index is 15.3. The molecule has 36 heavy (non-hydrogen) atoms. The summed E-state index contributed by atoms with van der Waals surface area (Å²) >= 11 is 0. The highest BCUT2D eigenvalue weighted by Gasteiger charge is 2.41. The maximum atomic E-state index is 15.3. The van der Waals surface area contributed by atoms with E-state index in [0.717, 1.165) is 24.6 Å². The van der Waals surface area contributed by atoms with Crippen molar-refractivity contribution < 1.29 is 34.8 Å². The van der Waals surface area contributed by atoms with Gasteiger partial charge < -0.3 is 10.3 Å². The second-order valence-electron chi connectivity index (χ2n) is 9.07. The van der Waals surface area contributed by atoms with Gasteiger partial charge >= 0.3 is 6.18 Å². The van der Waals surface area contributed by atoms with E-state index in [1.54, 1.807) is 0 Å². The SMILES string of the molecule is Nc1ccc(-c2nc3c(cc2F)c([C@H](NS(=O)(=O)C2CC2)C(F)F)cn3C2CCC2)c(C(F)(F)F)n1. The molecule has 0 spiro atoms. The second-order valence-corrected chi connectivity index (χ2v) is 11.1. The van der Waals surface area contributed by atoms with E-state index in [1.165, 1.54) is 10.8 Å². The number of alkyl halides is 5. The summed E-state index contributed by atoms with van der Waals surface area (Å²) in [5, 5.41) is -0.872. The first-order chi connectivity index (χ1) is 16.9. The van der Waals surface area contributed by atoms with Crippen LogP contribution < -0.4 is 10.5 Å². The van der Waals surface area contributed by atoms with Gasteiger partial charge in [0.1, 0.15) is 29.0 Å². The Morgan fingerprint density at radius 1 is 1.11 bits per heavy atom. The minimum atomic E-state index is -4.96. The van der Waals surface area contributed by atoms with Crippen LogP contribution in [0.3, 0.4) is 0 Å². The molecule has 0 aromatic carbocycles. The largest absolute Gasteiger partial charge is 0.434 e. The lowest BCUT2D eigenvalue weighted by Gasteiger charge is -2.27. The van der Waals surface area contributed by atoms with Gasteiger partial charge in [-0.15, -0.1) is 0 Å². The predicted octanol–water partition coefficient (Wildman–Crippen LogP) is 4.95. The summed E-state index contributed by atoms with van der Waals surface area (Å²) in [7, 11) is -4.04. The highest BCUT2D eigenvalue weighted by molar-refractivity contribution is 7.90. The zero-order chi connectivity index (χ0) is 26.0. The number of rotatable bonds is 7. The van der Waals surface area contributed by atoms with Gasteiger partial charge in [-0.1, -0.05) is 0 Å². The van der Waals surface area contributed by atoms with Crippen LogP contribution in [0.4, 0.5) is 32.2 Å². The monoisotopic (exact) mass is 533 g/mol. The molecule has 0 aliphatic heterocycles. The van der Waals surface area contributed by atoms with Gasteiger partial charge in [0, 0.05) is 28.8 Å². The number of hydrogen-bond donors (Lipinski definition) is 2. The first kappa shape index (κ1) is 24.8. The topological polar surface area (TPSA) is 103 Å². The minimum Gasteiger partial charge on any atom is -0.384 e. The van der Waals surface area contributed by atoms with Crippen LogP contribution in [0.5, 0.6) is 0 Å². The quantitative estimate of drug-likeness (QED) is 0.419. The van der Waals surface area contributed by atoms with E-state index in [2.05, 4.69) is 9.97 Å². The molecule has 3 heterocycles. The zero-order valence-electron chi connectivity index (χ0n) is 18.6. The molecule has 2 aliphatic carbocycles. The van der Waals surface area contributed by atoms with Crippen molar-refractivity contribution in [2.75, 3.05) is 5.73 Å². The van der Waals surface area contributed by atoms with Crippen molar-refractivity contribution in [1.29, 1.82) is 0 Å². The number of aromatic nitrogens is 3. The Bertz CT molecular complexity index is 1430. The molecule has 0 radical (unpaired) electrons. The van der Waals surface area contributed by atoms with Crippen molar-refractivity contribution in [1.82, 2.24) is 19.3 Å². The molecule has 7 nitrogen and oxygen atoms in total. The molecule has 0 saturated heterocycles. The number of anilines is 1. The molecule has 1 atom stereocenters. The number of sulfonamides is 1. The van der Waals surface area contributed by atoms with E-state index >= 15 is 4.39 Å². The van der Waals surface area contributed by atoms with Crippen LogP contribution in [0.15, 0.2) is 24.4 Å². The highest BCUT2D eigenvalue weighted by atomic mass is 32.2. The summed E-state index contributed by atoms with van der Waals surface area (Å²) in [6, 6.07) is 0.671. The third kappa shape index (κ3) is 4.40. The van der Waals surface area contributed by atoms with E-state index in [-0.39, 0.29) is 22.6 Å². The molecule has 2 fully saturated rings. The van der Waals surface area contributed by atoms with Crippen molar-refractivity contribution in [3.63, 3.8) is 0 Å². The summed E-state index contributed by atoms with van der Waals surface area (Å²) in [5.74, 6) is -1.62. The fourth-order valence-corrected chi connectivity index (χ4v) is 5.87. The Kier molecular flexibility index (Phi) is 5.93. The Balaban J connectivity index is 1.70. The Morgan fingerprint density at radius 3 is 2.36 bits per heavy atom. The van der Waals surface area contributed by atoms with Gasteiger partial charge in [0.05, 0.1) is 5.25 Å². The molecule has 0 unspecified atom stereocenters. The first-order valence-electron chi connectivity index (χ1n) is 11.2. The molecule has 5 rings (SSSR count). The number of nitrogen functional groups attached to an aromatic ring is 1. The lowest BCUT2D eigenvalue weighted by Crippen LogP contribution is -2.35. The van der Waals surface area contributed by atoms with Crippen molar-refractivity contribution in [3.8, 4) is 11.3 Å². The molecule has 0 amide bonds. The summed E-state index contributed by atoms with van der Waals surface area (Å²) in [4.78, 5) is 7.45. The number of nitrogens with two attached hydrogens (primary N) is 1. The Morgan fingerprint density at radius 2 is 1.81 bits per heavy atom.